The van der Waals surface area contributed by atoms with Crippen LogP contribution in [0.4, 0.5) is 0 Å². The van der Waals surface area contributed by atoms with Crippen molar-refractivity contribution in [2.24, 2.45) is 11.8 Å². The third-order valence-electron chi connectivity index (χ3n) is 6.76. The molecule has 1 aliphatic carbocycles. The molecule has 0 bridgehead atoms. The standard InChI is InChI=1S/C19H25N3O4/c1-25-17-8-16(26-20-17)13-9-21(10-13)19(24)15-4-3-14-7-12-6-11(12)2-5-18(23)22(14)15/h8,11-15H,2-7,9-10H2,1H3/t11-,12+,14+,15-/m0/s1. The maximum absolute atomic E-state index is 13.0. The number of methoxy groups -OCH3 is 1. The van der Waals surface area contributed by atoms with E-state index in [4.69, 9.17) is 9.26 Å². The predicted molar refractivity (Wildman–Crippen MR) is 91.5 cm³/mol. The van der Waals surface area contributed by atoms with Crippen molar-refractivity contribution in [3.63, 3.8) is 0 Å². The van der Waals surface area contributed by atoms with E-state index in [0.29, 0.717) is 25.4 Å². The van der Waals surface area contributed by atoms with Crippen LogP contribution in [0.15, 0.2) is 10.6 Å². The predicted octanol–water partition coefficient (Wildman–Crippen LogP) is 1.79. The lowest BCUT2D eigenvalue weighted by molar-refractivity contribution is -0.149. The fourth-order valence-corrected chi connectivity index (χ4v) is 5.08. The molecule has 7 heteroatoms. The Morgan fingerprint density at radius 1 is 1.23 bits per heavy atom. The zero-order valence-electron chi connectivity index (χ0n) is 15.1. The van der Waals surface area contributed by atoms with Crippen LogP contribution in [0.3, 0.4) is 0 Å². The Balaban J connectivity index is 1.24. The molecule has 1 aromatic heterocycles. The van der Waals surface area contributed by atoms with Gasteiger partial charge in [-0.15, -0.1) is 0 Å². The van der Waals surface area contributed by atoms with Crippen molar-refractivity contribution in [3.05, 3.63) is 11.8 Å². The summed E-state index contributed by atoms with van der Waals surface area (Å²) >= 11 is 0. The lowest BCUT2D eigenvalue weighted by atomic mass is 9.96. The highest BCUT2D eigenvalue weighted by Gasteiger charge is 2.49. The Kier molecular flexibility index (Phi) is 3.72. The van der Waals surface area contributed by atoms with Gasteiger partial charge < -0.3 is 19.1 Å². The van der Waals surface area contributed by atoms with Crippen molar-refractivity contribution in [2.45, 2.75) is 56.5 Å². The smallest absolute Gasteiger partial charge is 0.254 e. The number of fused-ring (bicyclic) bond motifs is 2. The minimum atomic E-state index is -0.256. The number of carbonyl (C=O) groups is 2. The Morgan fingerprint density at radius 3 is 2.85 bits per heavy atom. The Hall–Kier alpha value is -2.05. The largest absolute Gasteiger partial charge is 0.479 e. The molecule has 3 aliphatic heterocycles. The van der Waals surface area contributed by atoms with Gasteiger partial charge in [0.2, 0.25) is 11.8 Å². The Bertz CT molecular complexity index is 726. The summed E-state index contributed by atoms with van der Waals surface area (Å²) in [6, 6.07) is 1.81. The SMILES string of the molecule is COc1cc(C2CN(C(=O)[C@@H]3CC[C@@H]4C[C@H]5C[C@@H]5CCC(=O)N43)C2)on1. The number of rotatable bonds is 3. The lowest BCUT2D eigenvalue weighted by Crippen LogP contribution is -2.56. The van der Waals surface area contributed by atoms with E-state index in [1.54, 1.807) is 13.2 Å². The Labute approximate surface area is 152 Å². The summed E-state index contributed by atoms with van der Waals surface area (Å²) in [6.07, 6.45) is 5.78. The maximum atomic E-state index is 13.0. The van der Waals surface area contributed by atoms with Gasteiger partial charge in [0, 0.05) is 31.6 Å². The number of ether oxygens (including phenoxy) is 1. The summed E-state index contributed by atoms with van der Waals surface area (Å²) in [5.74, 6) is 3.25. The van der Waals surface area contributed by atoms with Crippen LogP contribution in [0.2, 0.25) is 0 Å². The molecule has 5 rings (SSSR count). The molecular weight excluding hydrogens is 334 g/mol. The number of nitrogens with zero attached hydrogens (tertiary/aromatic N) is 3. The van der Waals surface area contributed by atoms with Gasteiger partial charge in [-0.05, 0) is 49.1 Å². The molecule has 26 heavy (non-hydrogen) atoms. The first-order chi connectivity index (χ1) is 12.6. The minimum absolute atomic E-state index is 0.108. The topological polar surface area (TPSA) is 75.9 Å². The van der Waals surface area contributed by atoms with Gasteiger partial charge in [-0.2, -0.15) is 0 Å². The van der Waals surface area contributed by atoms with Crippen molar-refractivity contribution in [1.29, 1.82) is 0 Å². The second-order valence-corrected chi connectivity index (χ2v) is 8.29. The molecule has 1 aromatic rings. The fraction of sp³-hybridized carbons (Fsp3) is 0.737. The second kappa shape index (κ2) is 5.99. The van der Waals surface area contributed by atoms with Crippen molar-refractivity contribution in [2.75, 3.05) is 20.2 Å². The van der Waals surface area contributed by atoms with Gasteiger partial charge in [0.25, 0.3) is 5.88 Å². The monoisotopic (exact) mass is 359 g/mol. The van der Waals surface area contributed by atoms with E-state index in [1.165, 1.54) is 6.42 Å². The van der Waals surface area contributed by atoms with Crippen molar-refractivity contribution < 1.29 is 18.8 Å². The third kappa shape index (κ3) is 2.59. The molecule has 2 amide bonds. The van der Waals surface area contributed by atoms with Crippen LogP contribution in [0.5, 0.6) is 5.88 Å². The van der Waals surface area contributed by atoms with Crippen LogP contribution in [-0.2, 0) is 9.59 Å². The van der Waals surface area contributed by atoms with Crippen LogP contribution < -0.4 is 4.74 Å². The molecule has 0 unspecified atom stereocenters. The zero-order valence-corrected chi connectivity index (χ0v) is 15.1. The third-order valence-corrected chi connectivity index (χ3v) is 6.76. The summed E-state index contributed by atoms with van der Waals surface area (Å²) in [5.41, 5.74) is 0. The normalized spacial score (nSPS) is 33.8. The summed E-state index contributed by atoms with van der Waals surface area (Å²) in [6.45, 7) is 1.26. The number of likely N-dealkylation sites (tertiary alicyclic amines) is 1. The molecule has 0 spiro atoms. The summed E-state index contributed by atoms with van der Waals surface area (Å²) in [7, 11) is 1.55. The first-order valence-electron chi connectivity index (χ1n) is 9.74. The van der Waals surface area contributed by atoms with E-state index in [1.807, 2.05) is 9.80 Å². The highest BCUT2D eigenvalue weighted by atomic mass is 16.5. The van der Waals surface area contributed by atoms with Crippen LogP contribution in [0.1, 0.15) is 50.2 Å². The highest BCUT2D eigenvalue weighted by molar-refractivity contribution is 5.89. The van der Waals surface area contributed by atoms with Gasteiger partial charge in [0.15, 0.2) is 0 Å². The number of amides is 2. The van der Waals surface area contributed by atoms with Crippen molar-refractivity contribution in [3.8, 4) is 5.88 Å². The van der Waals surface area contributed by atoms with E-state index in [9.17, 15) is 9.59 Å². The molecule has 4 fully saturated rings. The summed E-state index contributed by atoms with van der Waals surface area (Å²) in [4.78, 5) is 29.5. The van der Waals surface area contributed by atoms with E-state index in [-0.39, 0.29) is 29.8 Å². The highest BCUT2D eigenvalue weighted by Crippen LogP contribution is 2.49. The zero-order chi connectivity index (χ0) is 17.8. The minimum Gasteiger partial charge on any atom is -0.479 e. The summed E-state index contributed by atoms with van der Waals surface area (Å²) < 4.78 is 10.3. The molecule has 140 valence electrons. The first-order valence-corrected chi connectivity index (χ1v) is 9.74. The van der Waals surface area contributed by atoms with Gasteiger partial charge in [0.05, 0.1) is 13.0 Å². The quantitative estimate of drug-likeness (QED) is 0.822. The molecular formula is C19H25N3O4. The van der Waals surface area contributed by atoms with Crippen LogP contribution in [-0.4, -0.2) is 59.1 Å². The lowest BCUT2D eigenvalue weighted by Gasteiger charge is -2.41. The maximum Gasteiger partial charge on any atom is 0.254 e. The average molecular weight is 359 g/mol. The van der Waals surface area contributed by atoms with E-state index >= 15 is 0 Å². The molecule has 4 aliphatic rings. The first kappa shape index (κ1) is 16.1. The van der Waals surface area contributed by atoms with E-state index in [0.717, 1.165) is 43.3 Å². The van der Waals surface area contributed by atoms with Crippen LogP contribution in [0.25, 0.3) is 0 Å². The van der Waals surface area contributed by atoms with Crippen LogP contribution in [0, 0.1) is 11.8 Å². The van der Waals surface area contributed by atoms with Gasteiger partial charge in [0.1, 0.15) is 11.8 Å². The van der Waals surface area contributed by atoms with Crippen LogP contribution >= 0.6 is 0 Å². The second-order valence-electron chi connectivity index (χ2n) is 8.29. The number of hydrogen-bond donors (Lipinski definition) is 0. The van der Waals surface area contributed by atoms with Gasteiger partial charge in [-0.25, -0.2) is 0 Å². The number of hydrogen-bond acceptors (Lipinski definition) is 5. The van der Waals surface area contributed by atoms with Crippen molar-refractivity contribution >= 4 is 11.8 Å². The average Bonchev–Trinajstić information content (AvgIpc) is 2.96. The molecule has 4 heterocycles. The number of carbonyl (C=O) groups excluding carboxylic acids is 2. The molecule has 0 radical (unpaired) electrons. The number of aromatic nitrogens is 1. The van der Waals surface area contributed by atoms with E-state index in [2.05, 4.69) is 5.16 Å². The molecule has 7 nitrogen and oxygen atoms in total. The molecule has 1 saturated carbocycles. The summed E-state index contributed by atoms with van der Waals surface area (Å²) in [5, 5.41) is 3.83. The molecule has 3 saturated heterocycles. The van der Waals surface area contributed by atoms with Gasteiger partial charge in [-0.1, -0.05) is 0 Å². The fourth-order valence-electron chi connectivity index (χ4n) is 5.08. The van der Waals surface area contributed by atoms with Gasteiger partial charge >= 0.3 is 0 Å². The van der Waals surface area contributed by atoms with Gasteiger partial charge in [-0.3, -0.25) is 9.59 Å². The Morgan fingerprint density at radius 2 is 2.08 bits per heavy atom. The van der Waals surface area contributed by atoms with E-state index < -0.39 is 0 Å². The van der Waals surface area contributed by atoms with Crippen molar-refractivity contribution in [1.82, 2.24) is 15.0 Å². The molecule has 4 atom stereocenters. The molecule has 0 aromatic carbocycles. The molecule has 0 N–H and O–H groups in total.